The second-order valence-corrected chi connectivity index (χ2v) is 6.00. The smallest absolute Gasteiger partial charge is 0.339 e. The molecule has 7 heteroatoms. The van der Waals surface area contributed by atoms with Gasteiger partial charge in [0, 0.05) is 0 Å². The summed E-state index contributed by atoms with van der Waals surface area (Å²) in [5, 5.41) is 2.57. The van der Waals surface area contributed by atoms with Crippen molar-refractivity contribution in [3.8, 4) is 0 Å². The van der Waals surface area contributed by atoms with Crippen molar-refractivity contribution < 1.29 is 23.9 Å². The molecule has 0 unspecified atom stereocenters. The van der Waals surface area contributed by atoms with E-state index in [0.717, 1.165) is 4.90 Å². The number of esters is 1. The highest BCUT2D eigenvalue weighted by atomic mass is 16.5. The van der Waals surface area contributed by atoms with Crippen molar-refractivity contribution in [3.63, 3.8) is 0 Å². The molecule has 3 rings (SSSR count). The Morgan fingerprint density at radius 1 is 1.12 bits per heavy atom. The van der Waals surface area contributed by atoms with Gasteiger partial charge >= 0.3 is 5.97 Å². The second kappa shape index (κ2) is 6.88. The van der Waals surface area contributed by atoms with Gasteiger partial charge in [0.1, 0.15) is 6.54 Å². The van der Waals surface area contributed by atoms with Crippen LogP contribution in [0.5, 0.6) is 0 Å². The third-order valence-electron chi connectivity index (χ3n) is 4.51. The van der Waals surface area contributed by atoms with E-state index in [4.69, 9.17) is 0 Å². The van der Waals surface area contributed by atoms with E-state index in [1.165, 1.54) is 13.2 Å². The number of benzene rings is 1. The number of anilines is 1. The van der Waals surface area contributed by atoms with Crippen LogP contribution in [0.25, 0.3) is 0 Å². The van der Waals surface area contributed by atoms with Crippen molar-refractivity contribution in [2.45, 2.75) is 12.8 Å². The van der Waals surface area contributed by atoms with E-state index in [9.17, 15) is 19.2 Å². The molecule has 2 atom stereocenters. The van der Waals surface area contributed by atoms with Crippen LogP contribution < -0.4 is 5.32 Å². The van der Waals surface area contributed by atoms with Gasteiger partial charge in [-0.25, -0.2) is 4.79 Å². The molecule has 3 amide bonds. The minimum atomic E-state index is -0.582. The van der Waals surface area contributed by atoms with Crippen LogP contribution in [-0.2, 0) is 19.1 Å². The maximum atomic E-state index is 12.4. The van der Waals surface area contributed by atoms with Gasteiger partial charge in [0.15, 0.2) is 0 Å². The number of methoxy groups -OCH3 is 1. The van der Waals surface area contributed by atoms with Gasteiger partial charge in [-0.2, -0.15) is 0 Å². The monoisotopic (exact) mass is 342 g/mol. The Morgan fingerprint density at radius 2 is 1.72 bits per heavy atom. The van der Waals surface area contributed by atoms with E-state index in [0.29, 0.717) is 12.8 Å². The van der Waals surface area contributed by atoms with E-state index < -0.39 is 11.9 Å². The number of amides is 3. The number of rotatable bonds is 4. The Labute approximate surface area is 144 Å². The summed E-state index contributed by atoms with van der Waals surface area (Å²) < 4.78 is 4.67. The highest BCUT2D eigenvalue weighted by molar-refractivity contribution is 6.09. The Bertz CT molecular complexity index is 744. The number of hydrogen-bond acceptors (Lipinski definition) is 5. The van der Waals surface area contributed by atoms with Crippen LogP contribution in [0.2, 0.25) is 0 Å². The number of carbonyl (C=O) groups excluding carboxylic acids is 4. The number of fused-ring (bicyclic) bond motifs is 1. The number of imide groups is 1. The van der Waals surface area contributed by atoms with Gasteiger partial charge in [0.25, 0.3) is 0 Å². The van der Waals surface area contributed by atoms with E-state index in [2.05, 4.69) is 10.1 Å². The average molecular weight is 342 g/mol. The van der Waals surface area contributed by atoms with Crippen molar-refractivity contribution in [1.29, 1.82) is 0 Å². The van der Waals surface area contributed by atoms with Crippen LogP contribution in [0, 0.1) is 11.8 Å². The number of para-hydroxylation sites is 1. The minimum absolute atomic E-state index is 0.204. The molecule has 0 aromatic heterocycles. The van der Waals surface area contributed by atoms with Gasteiger partial charge in [0.05, 0.1) is 30.2 Å². The molecule has 0 radical (unpaired) electrons. The summed E-state index contributed by atoms with van der Waals surface area (Å²) in [6, 6.07) is 6.39. The lowest BCUT2D eigenvalue weighted by atomic mass is 9.85. The van der Waals surface area contributed by atoms with Crippen molar-refractivity contribution in [3.05, 3.63) is 42.0 Å². The fourth-order valence-electron chi connectivity index (χ4n) is 3.24. The highest BCUT2D eigenvalue weighted by Crippen LogP contribution is 2.34. The van der Waals surface area contributed by atoms with Gasteiger partial charge in [0.2, 0.25) is 17.7 Å². The third kappa shape index (κ3) is 3.17. The van der Waals surface area contributed by atoms with Crippen LogP contribution in [0.1, 0.15) is 23.2 Å². The SMILES string of the molecule is COC(=O)c1ccccc1NC(=O)CN1C(=O)[C@H]2CC=CC[C@@H]2C1=O. The lowest BCUT2D eigenvalue weighted by Gasteiger charge is -2.15. The Kier molecular flexibility index (Phi) is 4.65. The van der Waals surface area contributed by atoms with Crippen LogP contribution in [0.4, 0.5) is 5.69 Å². The van der Waals surface area contributed by atoms with Crippen LogP contribution in [-0.4, -0.2) is 42.2 Å². The summed E-state index contributed by atoms with van der Waals surface area (Å²) in [7, 11) is 1.25. The van der Waals surface area contributed by atoms with E-state index >= 15 is 0 Å². The maximum absolute atomic E-state index is 12.4. The quantitative estimate of drug-likeness (QED) is 0.507. The zero-order chi connectivity index (χ0) is 18.0. The normalized spacial score (nSPS) is 21.9. The molecule has 1 heterocycles. The average Bonchev–Trinajstić information content (AvgIpc) is 2.87. The van der Waals surface area contributed by atoms with Crippen molar-refractivity contribution in [2.75, 3.05) is 19.0 Å². The van der Waals surface area contributed by atoms with Crippen LogP contribution in [0.3, 0.4) is 0 Å². The number of nitrogens with zero attached hydrogens (tertiary/aromatic N) is 1. The zero-order valence-corrected chi connectivity index (χ0v) is 13.7. The number of likely N-dealkylation sites (tertiary alicyclic amines) is 1. The number of carbonyl (C=O) groups is 4. The highest BCUT2D eigenvalue weighted by Gasteiger charge is 2.47. The van der Waals surface area contributed by atoms with Gasteiger partial charge in [-0.1, -0.05) is 24.3 Å². The molecule has 0 spiro atoms. The maximum Gasteiger partial charge on any atom is 0.339 e. The lowest BCUT2D eigenvalue weighted by Crippen LogP contribution is -2.38. The molecular formula is C18H18N2O5. The summed E-state index contributed by atoms with van der Waals surface area (Å²) in [5.74, 6) is -2.47. The molecular weight excluding hydrogens is 324 g/mol. The van der Waals surface area contributed by atoms with Crippen LogP contribution in [0.15, 0.2) is 36.4 Å². The molecule has 1 aromatic carbocycles. The molecule has 130 valence electrons. The molecule has 1 fully saturated rings. The van der Waals surface area contributed by atoms with Crippen molar-refractivity contribution in [1.82, 2.24) is 4.90 Å². The van der Waals surface area contributed by atoms with Crippen LogP contribution >= 0.6 is 0 Å². The summed E-state index contributed by atoms with van der Waals surface area (Å²) in [4.78, 5) is 49.8. The van der Waals surface area contributed by atoms with Gasteiger partial charge < -0.3 is 10.1 Å². The molecule has 2 aliphatic rings. The summed E-state index contributed by atoms with van der Waals surface area (Å²) in [6.45, 7) is -0.361. The number of allylic oxidation sites excluding steroid dienone is 2. The largest absolute Gasteiger partial charge is 0.465 e. The van der Waals surface area contributed by atoms with E-state index in [-0.39, 0.29) is 41.4 Å². The molecule has 1 aliphatic heterocycles. The first-order valence-electron chi connectivity index (χ1n) is 8.00. The molecule has 7 nitrogen and oxygen atoms in total. The summed E-state index contributed by atoms with van der Waals surface area (Å²) >= 11 is 0. The first-order chi connectivity index (χ1) is 12.0. The number of nitrogens with one attached hydrogen (secondary N) is 1. The molecule has 1 saturated heterocycles. The van der Waals surface area contributed by atoms with E-state index in [1.54, 1.807) is 18.2 Å². The predicted molar refractivity (Wildman–Crippen MR) is 88.5 cm³/mol. The molecule has 1 N–H and O–H groups in total. The fraction of sp³-hybridized carbons (Fsp3) is 0.333. The first-order valence-corrected chi connectivity index (χ1v) is 8.00. The van der Waals surface area contributed by atoms with Gasteiger partial charge in [-0.3, -0.25) is 19.3 Å². The zero-order valence-electron chi connectivity index (χ0n) is 13.7. The molecule has 0 bridgehead atoms. The molecule has 1 aromatic rings. The third-order valence-corrected chi connectivity index (χ3v) is 4.51. The first kappa shape index (κ1) is 16.9. The number of hydrogen-bond donors (Lipinski definition) is 1. The second-order valence-electron chi connectivity index (χ2n) is 6.00. The summed E-state index contributed by atoms with van der Waals surface area (Å²) in [6.07, 6.45) is 4.84. The summed E-state index contributed by atoms with van der Waals surface area (Å²) in [5.41, 5.74) is 0.479. The lowest BCUT2D eigenvalue weighted by molar-refractivity contribution is -0.142. The molecule has 1 aliphatic carbocycles. The fourth-order valence-corrected chi connectivity index (χ4v) is 3.24. The Hall–Kier alpha value is -2.96. The minimum Gasteiger partial charge on any atom is -0.465 e. The topological polar surface area (TPSA) is 92.8 Å². The van der Waals surface area contributed by atoms with Gasteiger partial charge in [-0.15, -0.1) is 0 Å². The molecule has 0 saturated carbocycles. The molecule has 25 heavy (non-hydrogen) atoms. The Morgan fingerprint density at radius 3 is 2.32 bits per heavy atom. The Balaban J connectivity index is 1.71. The van der Waals surface area contributed by atoms with Crippen molar-refractivity contribution >= 4 is 29.4 Å². The van der Waals surface area contributed by atoms with E-state index in [1.807, 2.05) is 12.2 Å². The van der Waals surface area contributed by atoms with Gasteiger partial charge in [-0.05, 0) is 25.0 Å². The number of ether oxygens (including phenoxy) is 1. The standard InChI is InChI=1S/C18H18N2O5/c1-25-18(24)13-8-4-5-9-14(13)19-15(21)10-20-16(22)11-6-2-3-7-12(11)17(20)23/h2-5,8-9,11-12H,6-7,10H2,1H3,(H,19,21)/t11-,12-/m0/s1. The van der Waals surface area contributed by atoms with Crippen molar-refractivity contribution in [2.24, 2.45) is 11.8 Å². The predicted octanol–water partition coefficient (Wildman–Crippen LogP) is 1.36.